The predicted octanol–water partition coefficient (Wildman–Crippen LogP) is 2.42. The molecule has 0 radical (unpaired) electrons. The van der Waals surface area contributed by atoms with E-state index in [1.54, 1.807) is 30.5 Å². The molecule has 2 aromatic heterocycles. The number of aromatic nitrogens is 3. The zero-order chi connectivity index (χ0) is 21.4. The maximum Gasteiger partial charge on any atom is 0.350 e. The Balaban J connectivity index is 1.18. The van der Waals surface area contributed by atoms with Crippen molar-refractivity contribution < 1.29 is 13.9 Å². The van der Waals surface area contributed by atoms with Crippen LogP contribution in [-0.4, -0.2) is 49.6 Å². The number of ketones is 1. The summed E-state index contributed by atoms with van der Waals surface area (Å²) in [6.07, 6.45) is 5.47. The molecular weight excluding hydrogens is 399 g/mol. The summed E-state index contributed by atoms with van der Waals surface area (Å²) in [6.45, 7) is 0.561. The molecule has 2 fully saturated rings. The van der Waals surface area contributed by atoms with Crippen molar-refractivity contribution in [3.05, 3.63) is 70.5 Å². The molecule has 2 bridgehead atoms. The first-order chi connectivity index (χ1) is 15.1. The van der Waals surface area contributed by atoms with Crippen LogP contribution < -0.4 is 5.69 Å². The van der Waals surface area contributed by atoms with E-state index in [-0.39, 0.29) is 48.6 Å². The molecular formula is C23H25FN4O3. The van der Waals surface area contributed by atoms with Gasteiger partial charge in [0.05, 0.1) is 19.3 Å². The first-order valence-corrected chi connectivity index (χ1v) is 10.7. The predicted molar refractivity (Wildman–Crippen MR) is 112 cm³/mol. The third-order valence-electron chi connectivity index (χ3n) is 6.45. The normalized spacial score (nSPS) is 23.5. The molecule has 5 rings (SSSR count). The number of benzene rings is 1. The minimum absolute atomic E-state index is 0.0202. The van der Waals surface area contributed by atoms with Crippen molar-refractivity contribution in [3.8, 4) is 0 Å². The molecule has 31 heavy (non-hydrogen) atoms. The van der Waals surface area contributed by atoms with Gasteiger partial charge in [-0.3, -0.25) is 14.1 Å². The number of Topliss-reactive ketones (excluding diaryl/α,β-unsaturated/α-hetero) is 1. The minimum Gasteiger partial charge on any atom is -0.373 e. The molecule has 162 valence electrons. The van der Waals surface area contributed by atoms with Gasteiger partial charge in [0.25, 0.3) is 0 Å². The maximum absolute atomic E-state index is 13.8. The Morgan fingerprint density at radius 1 is 1.06 bits per heavy atom. The van der Waals surface area contributed by atoms with Gasteiger partial charge in [-0.05, 0) is 43.9 Å². The van der Waals surface area contributed by atoms with Crippen molar-refractivity contribution in [2.45, 2.75) is 57.0 Å². The molecule has 0 N–H and O–H groups in total. The van der Waals surface area contributed by atoms with Gasteiger partial charge < -0.3 is 4.74 Å². The van der Waals surface area contributed by atoms with Gasteiger partial charge >= 0.3 is 5.69 Å². The Hall–Kier alpha value is -2.84. The molecule has 4 heterocycles. The molecule has 2 aliphatic heterocycles. The van der Waals surface area contributed by atoms with E-state index >= 15 is 0 Å². The lowest BCUT2D eigenvalue weighted by Gasteiger charge is -2.38. The van der Waals surface area contributed by atoms with E-state index in [0.717, 1.165) is 25.7 Å². The Morgan fingerprint density at radius 2 is 1.81 bits per heavy atom. The third kappa shape index (κ3) is 4.05. The number of rotatable bonds is 7. The van der Waals surface area contributed by atoms with Crippen LogP contribution in [0.1, 0.15) is 31.2 Å². The first-order valence-electron chi connectivity index (χ1n) is 10.7. The van der Waals surface area contributed by atoms with E-state index in [9.17, 15) is 14.0 Å². The lowest BCUT2D eigenvalue weighted by Crippen LogP contribution is -2.48. The number of piperidine rings is 1. The minimum atomic E-state index is -0.299. The van der Waals surface area contributed by atoms with Crippen molar-refractivity contribution >= 4 is 11.4 Å². The van der Waals surface area contributed by atoms with Gasteiger partial charge in [-0.1, -0.05) is 24.3 Å². The van der Waals surface area contributed by atoms with Crippen LogP contribution >= 0.6 is 0 Å². The van der Waals surface area contributed by atoms with Gasteiger partial charge in [-0.25, -0.2) is 13.9 Å². The SMILES string of the molecule is O=C(CN1C2CCC1CC(OCc1ccccc1F)C2)Cn1nc2ccccn2c1=O. The highest BCUT2D eigenvalue weighted by molar-refractivity contribution is 5.80. The summed E-state index contributed by atoms with van der Waals surface area (Å²) in [6, 6.07) is 12.6. The topological polar surface area (TPSA) is 68.8 Å². The van der Waals surface area contributed by atoms with Gasteiger partial charge in [0.15, 0.2) is 11.4 Å². The molecule has 0 spiro atoms. The van der Waals surface area contributed by atoms with E-state index in [4.69, 9.17) is 4.74 Å². The summed E-state index contributed by atoms with van der Waals surface area (Å²) >= 11 is 0. The van der Waals surface area contributed by atoms with Gasteiger partial charge in [0, 0.05) is 23.8 Å². The van der Waals surface area contributed by atoms with Gasteiger partial charge in [-0.2, -0.15) is 0 Å². The maximum atomic E-state index is 13.8. The molecule has 3 aromatic rings. The molecule has 0 aliphatic carbocycles. The molecule has 0 amide bonds. The Labute approximate surface area is 179 Å². The number of halogens is 1. The number of nitrogens with zero attached hydrogens (tertiary/aromatic N) is 4. The molecule has 8 heteroatoms. The van der Waals surface area contributed by atoms with E-state index < -0.39 is 0 Å². The highest BCUT2D eigenvalue weighted by Crippen LogP contribution is 2.37. The summed E-state index contributed by atoms with van der Waals surface area (Å²) in [7, 11) is 0. The van der Waals surface area contributed by atoms with Crippen LogP contribution in [0, 0.1) is 5.82 Å². The fourth-order valence-corrected chi connectivity index (χ4v) is 4.93. The number of hydrogen-bond donors (Lipinski definition) is 0. The summed E-state index contributed by atoms with van der Waals surface area (Å²) < 4.78 is 22.5. The van der Waals surface area contributed by atoms with Crippen molar-refractivity contribution in [2.75, 3.05) is 6.54 Å². The average Bonchev–Trinajstić information content (AvgIpc) is 3.19. The zero-order valence-corrected chi connectivity index (χ0v) is 17.2. The van der Waals surface area contributed by atoms with Gasteiger partial charge in [0.1, 0.15) is 12.4 Å². The fraction of sp³-hybridized carbons (Fsp3) is 0.435. The Kier molecular flexibility index (Phi) is 5.41. The van der Waals surface area contributed by atoms with E-state index in [0.29, 0.717) is 17.8 Å². The Morgan fingerprint density at radius 3 is 2.55 bits per heavy atom. The van der Waals surface area contributed by atoms with Crippen LogP contribution in [0.25, 0.3) is 5.65 Å². The van der Waals surface area contributed by atoms with Crippen molar-refractivity contribution in [1.82, 2.24) is 19.1 Å². The van der Waals surface area contributed by atoms with Crippen LogP contribution in [0.2, 0.25) is 0 Å². The Bertz CT molecular complexity index is 1140. The molecule has 2 unspecified atom stereocenters. The zero-order valence-electron chi connectivity index (χ0n) is 17.2. The lowest BCUT2D eigenvalue weighted by molar-refractivity contribution is -0.123. The molecule has 2 atom stereocenters. The summed E-state index contributed by atoms with van der Waals surface area (Å²) in [5, 5.41) is 4.25. The molecule has 2 aliphatic rings. The second kappa shape index (κ2) is 8.36. The standard InChI is InChI=1S/C23H25FN4O3/c24-21-6-2-1-5-16(21)15-31-20-11-17-8-9-18(12-20)27(17)13-19(29)14-28-23(30)26-10-4-3-7-22(26)25-28/h1-7,10,17-18,20H,8-9,11-15H2. The van der Waals surface area contributed by atoms with E-state index in [2.05, 4.69) is 10.00 Å². The average molecular weight is 424 g/mol. The van der Waals surface area contributed by atoms with Crippen molar-refractivity contribution in [2.24, 2.45) is 0 Å². The van der Waals surface area contributed by atoms with Crippen LogP contribution in [-0.2, 0) is 22.7 Å². The summed E-state index contributed by atoms with van der Waals surface area (Å²) in [4.78, 5) is 27.4. The second-order valence-corrected chi connectivity index (χ2v) is 8.46. The highest BCUT2D eigenvalue weighted by atomic mass is 19.1. The number of carbonyl (C=O) groups is 1. The molecule has 2 saturated heterocycles. The monoisotopic (exact) mass is 424 g/mol. The quantitative estimate of drug-likeness (QED) is 0.583. The highest BCUT2D eigenvalue weighted by Gasteiger charge is 2.41. The number of carbonyl (C=O) groups excluding carboxylic acids is 1. The number of fused-ring (bicyclic) bond motifs is 3. The lowest BCUT2D eigenvalue weighted by atomic mass is 9.99. The molecule has 0 saturated carbocycles. The van der Waals surface area contributed by atoms with Gasteiger partial charge in [0.2, 0.25) is 0 Å². The van der Waals surface area contributed by atoms with Crippen molar-refractivity contribution in [3.63, 3.8) is 0 Å². The second-order valence-electron chi connectivity index (χ2n) is 8.46. The van der Waals surface area contributed by atoms with Gasteiger partial charge in [-0.15, -0.1) is 5.10 Å². The smallest absolute Gasteiger partial charge is 0.350 e. The summed E-state index contributed by atoms with van der Waals surface area (Å²) in [5.74, 6) is -0.260. The van der Waals surface area contributed by atoms with E-state index in [1.165, 1.54) is 15.1 Å². The fourth-order valence-electron chi connectivity index (χ4n) is 4.93. The van der Waals surface area contributed by atoms with Crippen LogP contribution in [0.3, 0.4) is 0 Å². The third-order valence-corrected chi connectivity index (χ3v) is 6.45. The van der Waals surface area contributed by atoms with Crippen molar-refractivity contribution in [1.29, 1.82) is 0 Å². The largest absolute Gasteiger partial charge is 0.373 e. The number of hydrogen-bond acceptors (Lipinski definition) is 5. The molecule has 1 aromatic carbocycles. The number of ether oxygens (including phenoxy) is 1. The van der Waals surface area contributed by atoms with Crippen LogP contribution in [0.15, 0.2) is 53.5 Å². The number of pyridine rings is 1. The van der Waals surface area contributed by atoms with Crippen LogP contribution in [0.5, 0.6) is 0 Å². The van der Waals surface area contributed by atoms with E-state index in [1.807, 2.05) is 12.1 Å². The first kappa shape index (κ1) is 20.1. The summed E-state index contributed by atoms with van der Waals surface area (Å²) in [5.41, 5.74) is 0.811. The van der Waals surface area contributed by atoms with Crippen LogP contribution in [0.4, 0.5) is 4.39 Å². The molecule has 7 nitrogen and oxygen atoms in total.